The van der Waals surface area contributed by atoms with Crippen LogP contribution in [0.4, 0.5) is 10.5 Å². The fraction of sp³-hybridized carbons (Fsp3) is 0.167. The number of para-hydroxylation sites is 1. The molecule has 0 atom stereocenters. The predicted octanol–water partition coefficient (Wildman–Crippen LogP) is 3.48. The summed E-state index contributed by atoms with van der Waals surface area (Å²) in [5.74, 6) is 0. The Balaban J connectivity index is 1.41. The third-order valence-corrected chi connectivity index (χ3v) is 4.98. The van der Waals surface area contributed by atoms with Gasteiger partial charge in [-0.25, -0.2) is 4.79 Å². The van der Waals surface area contributed by atoms with Gasteiger partial charge in [-0.3, -0.25) is 4.90 Å². The third kappa shape index (κ3) is 2.88. The molecule has 1 aliphatic heterocycles. The highest BCUT2D eigenvalue weighted by Crippen LogP contribution is 2.27. The molecule has 3 aromatic rings. The lowest BCUT2D eigenvalue weighted by Crippen LogP contribution is -2.38. The van der Waals surface area contributed by atoms with Crippen LogP contribution >= 0.6 is 11.3 Å². The van der Waals surface area contributed by atoms with Crippen molar-refractivity contribution in [1.29, 1.82) is 0 Å². The summed E-state index contributed by atoms with van der Waals surface area (Å²) in [7, 11) is 0. The molecule has 5 nitrogen and oxygen atoms in total. The monoisotopic (exact) mass is 336 g/mol. The van der Waals surface area contributed by atoms with Crippen molar-refractivity contribution in [2.45, 2.75) is 13.0 Å². The van der Waals surface area contributed by atoms with Crippen LogP contribution in [0.5, 0.6) is 0 Å². The molecule has 2 aromatic carbocycles. The number of aromatic nitrogens is 2. The molecule has 24 heavy (non-hydrogen) atoms. The topological polar surface area (TPSA) is 58.1 Å². The number of urea groups is 1. The predicted molar refractivity (Wildman–Crippen MR) is 95.1 cm³/mol. The fourth-order valence-electron chi connectivity index (χ4n) is 2.82. The summed E-state index contributed by atoms with van der Waals surface area (Å²) < 4.78 is 0. The summed E-state index contributed by atoms with van der Waals surface area (Å²) in [5, 5.41) is 13.0. The van der Waals surface area contributed by atoms with E-state index in [0.29, 0.717) is 6.54 Å². The standard InChI is InChI=1S/C18H16N4OS/c23-18(22-11-10-13-6-4-5-9-15(13)22)19-12-16-20-21-17(24-16)14-7-2-1-3-8-14/h1-9H,10-12H2,(H,19,23). The molecule has 0 saturated heterocycles. The van der Waals surface area contributed by atoms with E-state index in [2.05, 4.69) is 21.6 Å². The Kier molecular flexibility index (Phi) is 3.96. The molecule has 120 valence electrons. The maximum atomic E-state index is 12.4. The zero-order valence-corrected chi connectivity index (χ0v) is 13.8. The first-order valence-corrected chi connectivity index (χ1v) is 8.64. The van der Waals surface area contributed by atoms with Gasteiger partial charge < -0.3 is 5.32 Å². The Morgan fingerprint density at radius 3 is 2.75 bits per heavy atom. The molecule has 0 aliphatic carbocycles. The molecule has 0 spiro atoms. The fourth-order valence-corrected chi connectivity index (χ4v) is 3.60. The SMILES string of the molecule is O=C(NCc1nnc(-c2ccccc2)s1)N1CCc2ccccc21. The molecule has 0 fully saturated rings. The van der Waals surface area contributed by atoms with Crippen LogP contribution < -0.4 is 10.2 Å². The van der Waals surface area contributed by atoms with E-state index in [4.69, 9.17) is 0 Å². The Morgan fingerprint density at radius 2 is 1.88 bits per heavy atom. The molecule has 2 amide bonds. The minimum atomic E-state index is -0.0867. The zero-order valence-electron chi connectivity index (χ0n) is 13.0. The van der Waals surface area contributed by atoms with Crippen LogP contribution in [0.15, 0.2) is 54.6 Å². The first-order chi connectivity index (χ1) is 11.8. The van der Waals surface area contributed by atoms with Crippen LogP contribution in [-0.4, -0.2) is 22.8 Å². The summed E-state index contributed by atoms with van der Waals surface area (Å²) in [5.41, 5.74) is 3.26. The highest BCUT2D eigenvalue weighted by Gasteiger charge is 2.24. The number of amides is 2. The van der Waals surface area contributed by atoms with Gasteiger partial charge in [0.25, 0.3) is 0 Å². The molecule has 0 saturated carbocycles. The van der Waals surface area contributed by atoms with Gasteiger partial charge in [0.05, 0.1) is 6.54 Å². The second-order valence-corrected chi connectivity index (χ2v) is 6.62. The van der Waals surface area contributed by atoms with Crippen LogP contribution in [0.2, 0.25) is 0 Å². The van der Waals surface area contributed by atoms with Crippen molar-refractivity contribution in [1.82, 2.24) is 15.5 Å². The summed E-state index contributed by atoms with van der Waals surface area (Å²) in [4.78, 5) is 14.2. The van der Waals surface area contributed by atoms with Crippen LogP contribution in [0, 0.1) is 0 Å². The Hall–Kier alpha value is -2.73. The van der Waals surface area contributed by atoms with Gasteiger partial charge in [-0.1, -0.05) is 59.9 Å². The van der Waals surface area contributed by atoms with Crippen LogP contribution in [0.25, 0.3) is 10.6 Å². The van der Waals surface area contributed by atoms with E-state index in [1.807, 2.05) is 48.5 Å². The maximum absolute atomic E-state index is 12.4. The van der Waals surface area contributed by atoms with Crippen LogP contribution in [-0.2, 0) is 13.0 Å². The van der Waals surface area contributed by atoms with Gasteiger partial charge >= 0.3 is 6.03 Å². The van der Waals surface area contributed by atoms with Crippen molar-refractivity contribution in [2.24, 2.45) is 0 Å². The van der Waals surface area contributed by atoms with Crippen molar-refractivity contribution in [3.63, 3.8) is 0 Å². The van der Waals surface area contributed by atoms with Crippen molar-refractivity contribution in [3.05, 3.63) is 65.2 Å². The molecule has 4 rings (SSSR count). The second-order valence-electron chi connectivity index (χ2n) is 5.56. The molecule has 1 N–H and O–H groups in total. The molecule has 1 aliphatic rings. The Bertz CT molecular complexity index is 862. The first kappa shape index (κ1) is 14.8. The number of fused-ring (bicyclic) bond motifs is 1. The highest BCUT2D eigenvalue weighted by atomic mass is 32.1. The average Bonchev–Trinajstić information content (AvgIpc) is 3.27. The Morgan fingerprint density at radius 1 is 1.08 bits per heavy atom. The molecule has 1 aromatic heterocycles. The molecule has 0 unspecified atom stereocenters. The van der Waals surface area contributed by atoms with Gasteiger partial charge in [0.2, 0.25) is 0 Å². The number of benzene rings is 2. The lowest BCUT2D eigenvalue weighted by molar-refractivity contribution is 0.246. The molecular weight excluding hydrogens is 320 g/mol. The van der Waals surface area contributed by atoms with E-state index < -0.39 is 0 Å². The number of rotatable bonds is 3. The van der Waals surface area contributed by atoms with E-state index in [1.54, 1.807) is 4.90 Å². The van der Waals surface area contributed by atoms with E-state index in [-0.39, 0.29) is 6.03 Å². The van der Waals surface area contributed by atoms with Gasteiger partial charge in [-0.05, 0) is 18.1 Å². The van der Waals surface area contributed by atoms with Crippen molar-refractivity contribution in [2.75, 3.05) is 11.4 Å². The largest absolute Gasteiger partial charge is 0.331 e. The van der Waals surface area contributed by atoms with Crippen molar-refractivity contribution >= 4 is 23.1 Å². The van der Waals surface area contributed by atoms with Gasteiger partial charge in [0.15, 0.2) is 0 Å². The number of hydrogen-bond donors (Lipinski definition) is 1. The summed E-state index contributed by atoms with van der Waals surface area (Å²) in [6.45, 7) is 1.11. The number of nitrogens with one attached hydrogen (secondary N) is 1. The van der Waals surface area contributed by atoms with Gasteiger partial charge in [-0.15, -0.1) is 10.2 Å². The first-order valence-electron chi connectivity index (χ1n) is 7.82. The van der Waals surface area contributed by atoms with E-state index in [1.165, 1.54) is 16.9 Å². The molecule has 6 heteroatoms. The van der Waals surface area contributed by atoms with Crippen molar-refractivity contribution in [3.8, 4) is 10.6 Å². The molecule has 0 bridgehead atoms. The van der Waals surface area contributed by atoms with E-state index in [9.17, 15) is 4.79 Å². The summed E-state index contributed by atoms with van der Waals surface area (Å²) in [6, 6.07) is 17.9. The number of carbonyl (C=O) groups is 1. The minimum absolute atomic E-state index is 0.0867. The number of nitrogens with zero attached hydrogens (tertiary/aromatic N) is 3. The quantitative estimate of drug-likeness (QED) is 0.797. The highest BCUT2D eigenvalue weighted by molar-refractivity contribution is 7.14. The van der Waals surface area contributed by atoms with Gasteiger partial charge in [-0.2, -0.15) is 0 Å². The van der Waals surface area contributed by atoms with Crippen LogP contribution in [0.3, 0.4) is 0 Å². The van der Waals surface area contributed by atoms with Crippen molar-refractivity contribution < 1.29 is 4.79 Å². The number of hydrogen-bond acceptors (Lipinski definition) is 4. The second kappa shape index (κ2) is 6.41. The third-order valence-electron chi connectivity index (χ3n) is 4.01. The summed E-state index contributed by atoms with van der Waals surface area (Å²) in [6.07, 6.45) is 0.903. The van der Waals surface area contributed by atoms with E-state index >= 15 is 0 Å². The molecule has 2 heterocycles. The molecule has 0 radical (unpaired) electrons. The van der Waals surface area contributed by atoms with Gasteiger partial charge in [0, 0.05) is 17.8 Å². The van der Waals surface area contributed by atoms with Crippen LogP contribution in [0.1, 0.15) is 10.6 Å². The van der Waals surface area contributed by atoms with E-state index in [0.717, 1.165) is 34.2 Å². The summed E-state index contributed by atoms with van der Waals surface area (Å²) >= 11 is 1.50. The van der Waals surface area contributed by atoms with Gasteiger partial charge in [0.1, 0.15) is 10.0 Å². The molecular formula is C18H16N4OS. The Labute approximate surface area is 144 Å². The maximum Gasteiger partial charge on any atom is 0.322 e. The zero-order chi connectivity index (χ0) is 16.4. The normalized spacial score (nSPS) is 12.9. The lowest BCUT2D eigenvalue weighted by Gasteiger charge is -2.17. The smallest absolute Gasteiger partial charge is 0.322 e. The number of carbonyl (C=O) groups excluding carboxylic acids is 1. The number of anilines is 1. The average molecular weight is 336 g/mol. The lowest BCUT2D eigenvalue weighted by atomic mass is 10.2. The minimum Gasteiger partial charge on any atom is -0.331 e.